The van der Waals surface area contributed by atoms with Crippen molar-refractivity contribution < 1.29 is 4.74 Å². The highest BCUT2D eigenvalue weighted by Gasteiger charge is 2.36. The van der Waals surface area contributed by atoms with E-state index in [2.05, 4.69) is 85.0 Å². The Bertz CT molecular complexity index is 1420. The van der Waals surface area contributed by atoms with E-state index in [0.717, 1.165) is 69.9 Å². The molecule has 7 nitrogen and oxygen atoms in total. The number of piperidine rings is 1. The second-order valence-corrected chi connectivity index (χ2v) is 12.9. The smallest absolute Gasteiger partial charge is 0.318 e. The molecule has 0 saturated carbocycles. The fourth-order valence-corrected chi connectivity index (χ4v) is 7.26. The lowest BCUT2D eigenvalue weighted by molar-refractivity contribution is 0.187. The predicted octanol–water partition coefficient (Wildman–Crippen LogP) is 5.74. The van der Waals surface area contributed by atoms with Gasteiger partial charge in [-0.2, -0.15) is 15.2 Å². The molecule has 2 aromatic carbocycles. The molecule has 1 aromatic heterocycles. The number of nitriles is 1. The Hall–Kier alpha value is -3.37. The largest absolute Gasteiger partial charge is 0.462 e. The van der Waals surface area contributed by atoms with Gasteiger partial charge in [0.25, 0.3) is 0 Å². The van der Waals surface area contributed by atoms with Crippen LogP contribution >= 0.6 is 0 Å². The number of hydrogen-bond donors (Lipinski definition) is 0. The zero-order valence-corrected chi connectivity index (χ0v) is 24.5. The van der Waals surface area contributed by atoms with Crippen LogP contribution in [0.4, 0.5) is 11.5 Å². The van der Waals surface area contributed by atoms with Crippen LogP contribution in [-0.2, 0) is 13.0 Å². The summed E-state index contributed by atoms with van der Waals surface area (Å²) < 4.78 is 6.39. The van der Waals surface area contributed by atoms with Crippen LogP contribution in [0.25, 0.3) is 10.8 Å². The quantitative estimate of drug-likeness (QED) is 0.396. The van der Waals surface area contributed by atoms with Gasteiger partial charge in [0.05, 0.1) is 18.3 Å². The van der Waals surface area contributed by atoms with Crippen LogP contribution in [0.5, 0.6) is 6.01 Å². The summed E-state index contributed by atoms with van der Waals surface area (Å²) in [6.07, 6.45) is 4.80. The molecule has 2 atom stereocenters. The number of hydrogen-bond acceptors (Lipinski definition) is 7. The maximum Gasteiger partial charge on any atom is 0.318 e. The first-order valence-electron chi connectivity index (χ1n) is 14.9. The first-order valence-corrected chi connectivity index (χ1v) is 14.9. The van der Waals surface area contributed by atoms with E-state index in [1.54, 1.807) is 0 Å². The van der Waals surface area contributed by atoms with E-state index in [9.17, 15) is 5.26 Å². The molecular formula is C33H42N6O. The van der Waals surface area contributed by atoms with E-state index < -0.39 is 0 Å². The van der Waals surface area contributed by atoms with Gasteiger partial charge in [-0.1, -0.05) is 44.2 Å². The van der Waals surface area contributed by atoms with Gasteiger partial charge in [-0.05, 0) is 68.0 Å². The van der Waals surface area contributed by atoms with E-state index in [0.29, 0.717) is 36.4 Å². The Morgan fingerprint density at radius 2 is 1.93 bits per heavy atom. The van der Waals surface area contributed by atoms with Gasteiger partial charge >= 0.3 is 6.01 Å². The molecule has 7 heteroatoms. The number of rotatable bonds is 6. The van der Waals surface area contributed by atoms with Gasteiger partial charge in [0, 0.05) is 55.3 Å². The summed E-state index contributed by atoms with van der Waals surface area (Å²) in [4.78, 5) is 17.4. The SMILES string of the molecule is Cc1cccc2cccc(N3CCc4c(nc(OC[C@@H]5CC(C)(C)CN5C)nc4N4CCC[C@@H](CC#N)C4)C3)c12. The van der Waals surface area contributed by atoms with Crippen molar-refractivity contribution in [1.29, 1.82) is 5.26 Å². The number of likely N-dealkylation sites (N-methyl/N-ethyl adjacent to an activating group) is 1. The summed E-state index contributed by atoms with van der Waals surface area (Å²) in [5.41, 5.74) is 5.18. The molecule has 0 N–H and O–H groups in total. The van der Waals surface area contributed by atoms with Crippen LogP contribution in [0, 0.1) is 29.6 Å². The van der Waals surface area contributed by atoms with Crippen molar-refractivity contribution in [2.45, 2.75) is 65.5 Å². The van der Waals surface area contributed by atoms with E-state index in [1.807, 2.05) is 0 Å². The lowest BCUT2D eigenvalue weighted by Gasteiger charge is -2.37. The average molecular weight is 539 g/mol. The van der Waals surface area contributed by atoms with Crippen LogP contribution in [0.3, 0.4) is 0 Å². The molecule has 0 amide bonds. The maximum absolute atomic E-state index is 9.35. The van der Waals surface area contributed by atoms with Crippen molar-refractivity contribution in [1.82, 2.24) is 14.9 Å². The summed E-state index contributed by atoms with van der Waals surface area (Å²) in [6, 6.07) is 16.4. The first kappa shape index (κ1) is 26.8. The number of likely N-dealkylation sites (tertiary alicyclic amines) is 1. The Morgan fingerprint density at radius 3 is 2.70 bits per heavy atom. The lowest BCUT2D eigenvalue weighted by atomic mass is 9.91. The third-order valence-corrected chi connectivity index (χ3v) is 9.15. The van der Waals surface area contributed by atoms with E-state index >= 15 is 0 Å². The molecule has 4 heterocycles. The summed E-state index contributed by atoms with van der Waals surface area (Å²) >= 11 is 0. The predicted molar refractivity (Wildman–Crippen MR) is 161 cm³/mol. The van der Waals surface area contributed by atoms with Crippen LogP contribution in [-0.4, -0.2) is 60.7 Å². The van der Waals surface area contributed by atoms with Gasteiger partial charge in [-0.3, -0.25) is 4.90 Å². The standard InChI is InChI=1S/C33H42N6O/c1-23-8-5-10-25-11-6-12-29(30(23)25)38-17-14-27-28(20-38)35-32(40-21-26-18-33(2,3)22-37(26)4)36-31(27)39-16-7-9-24(19-39)13-15-34/h5-6,8,10-12,24,26H,7,9,13-14,16-22H2,1-4H3/t24-,26-/m0/s1. The molecule has 3 aliphatic rings. The number of fused-ring (bicyclic) bond motifs is 2. The highest BCUT2D eigenvalue weighted by Crippen LogP contribution is 2.37. The Balaban J connectivity index is 1.33. The number of ether oxygens (including phenoxy) is 1. The fourth-order valence-electron chi connectivity index (χ4n) is 7.26. The minimum atomic E-state index is 0.297. The van der Waals surface area contributed by atoms with Gasteiger partial charge < -0.3 is 14.5 Å². The number of anilines is 2. The Morgan fingerprint density at radius 1 is 1.10 bits per heavy atom. The molecule has 0 spiro atoms. The second kappa shape index (κ2) is 10.9. The third kappa shape index (κ3) is 5.34. The molecule has 0 aliphatic carbocycles. The van der Waals surface area contributed by atoms with E-state index in [-0.39, 0.29) is 0 Å². The average Bonchev–Trinajstić information content (AvgIpc) is 3.22. The lowest BCUT2D eigenvalue weighted by Crippen LogP contribution is -2.39. The summed E-state index contributed by atoms with van der Waals surface area (Å²) in [7, 11) is 2.19. The van der Waals surface area contributed by atoms with Gasteiger partial charge in [0.15, 0.2) is 0 Å². The summed E-state index contributed by atoms with van der Waals surface area (Å²) in [6.45, 7) is 12.0. The van der Waals surface area contributed by atoms with Crippen molar-refractivity contribution in [2.24, 2.45) is 11.3 Å². The number of aromatic nitrogens is 2. The minimum Gasteiger partial charge on any atom is -0.462 e. The molecule has 210 valence electrons. The summed E-state index contributed by atoms with van der Waals surface area (Å²) in [5.74, 6) is 1.42. The van der Waals surface area contributed by atoms with Gasteiger partial charge in [0.2, 0.25) is 0 Å². The van der Waals surface area contributed by atoms with Gasteiger partial charge in [-0.15, -0.1) is 0 Å². The van der Waals surface area contributed by atoms with E-state index in [1.165, 1.54) is 27.6 Å². The highest BCUT2D eigenvalue weighted by atomic mass is 16.5. The van der Waals surface area contributed by atoms with Crippen LogP contribution < -0.4 is 14.5 Å². The van der Waals surface area contributed by atoms with Crippen LogP contribution in [0.1, 0.15) is 56.4 Å². The zero-order valence-electron chi connectivity index (χ0n) is 24.5. The number of aryl methyl sites for hydroxylation is 1. The topological polar surface area (TPSA) is 68.5 Å². The molecule has 0 unspecified atom stereocenters. The molecule has 3 aliphatic heterocycles. The first-order chi connectivity index (χ1) is 19.3. The number of benzene rings is 2. The molecule has 6 rings (SSSR count). The van der Waals surface area contributed by atoms with Crippen molar-refractivity contribution in [3.8, 4) is 12.1 Å². The Kier molecular flexibility index (Phi) is 7.31. The molecule has 3 aromatic rings. The molecule has 40 heavy (non-hydrogen) atoms. The fraction of sp³-hybridized carbons (Fsp3) is 0.545. The molecule has 2 fully saturated rings. The van der Waals surface area contributed by atoms with Crippen LogP contribution in [0.2, 0.25) is 0 Å². The normalized spacial score (nSPS) is 22.8. The highest BCUT2D eigenvalue weighted by molar-refractivity contribution is 5.97. The number of nitrogens with zero attached hydrogens (tertiary/aromatic N) is 6. The van der Waals surface area contributed by atoms with Crippen molar-refractivity contribution in [3.63, 3.8) is 0 Å². The van der Waals surface area contributed by atoms with Gasteiger partial charge in [-0.25, -0.2) is 0 Å². The van der Waals surface area contributed by atoms with Crippen molar-refractivity contribution in [3.05, 3.63) is 53.2 Å². The summed E-state index contributed by atoms with van der Waals surface area (Å²) in [5, 5.41) is 11.9. The monoisotopic (exact) mass is 538 g/mol. The Labute approximate surface area is 238 Å². The second-order valence-electron chi connectivity index (χ2n) is 12.9. The molecule has 2 saturated heterocycles. The zero-order chi connectivity index (χ0) is 27.9. The molecular weight excluding hydrogens is 496 g/mol. The third-order valence-electron chi connectivity index (χ3n) is 9.15. The van der Waals surface area contributed by atoms with Gasteiger partial charge in [0.1, 0.15) is 12.4 Å². The van der Waals surface area contributed by atoms with Crippen molar-refractivity contribution in [2.75, 3.05) is 49.6 Å². The van der Waals surface area contributed by atoms with Crippen molar-refractivity contribution >= 4 is 22.3 Å². The van der Waals surface area contributed by atoms with E-state index in [4.69, 9.17) is 14.7 Å². The molecule has 0 radical (unpaired) electrons. The maximum atomic E-state index is 9.35. The molecule has 0 bridgehead atoms. The van der Waals surface area contributed by atoms with Crippen LogP contribution in [0.15, 0.2) is 36.4 Å². The minimum absolute atomic E-state index is 0.297.